The van der Waals surface area contributed by atoms with Crippen LogP contribution in [0, 0.1) is 5.92 Å². The molecule has 0 N–H and O–H groups in total. The first-order chi connectivity index (χ1) is 7.54. The first-order valence-electron chi connectivity index (χ1n) is 6.51. The van der Waals surface area contributed by atoms with Crippen LogP contribution in [-0.2, 0) is 4.74 Å². The molecule has 0 unspecified atom stereocenters. The third-order valence-corrected chi connectivity index (χ3v) is 3.33. The number of hydrogen-bond donors (Lipinski definition) is 0. The molecule has 0 amide bonds. The Labute approximate surface area is 101 Å². The predicted molar refractivity (Wildman–Crippen MR) is 68.8 cm³/mol. The highest BCUT2D eigenvalue weighted by atomic mass is 16.5. The number of hydrogen-bond acceptors (Lipinski definition) is 3. The van der Waals surface area contributed by atoms with Crippen LogP contribution in [0.3, 0.4) is 0 Å². The third-order valence-electron chi connectivity index (χ3n) is 3.33. The SMILES string of the molecule is COC[C@@H]1CN(C(C)C)CCN1CC(C)C. The van der Waals surface area contributed by atoms with Crippen molar-refractivity contribution in [3.8, 4) is 0 Å². The van der Waals surface area contributed by atoms with Crippen LogP contribution in [0.15, 0.2) is 0 Å². The predicted octanol–water partition coefficient (Wildman–Crippen LogP) is 1.68. The molecular weight excluding hydrogens is 200 g/mol. The lowest BCUT2D eigenvalue weighted by molar-refractivity contribution is 0.00887. The van der Waals surface area contributed by atoms with Gasteiger partial charge < -0.3 is 4.74 Å². The molecule has 0 spiro atoms. The molecule has 16 heavy (non-hydrogen) atoms. The summed E-state index contributed by atoms with van der Waals surface area (Å²) in [5.41, 5.74) is 0. The van der Waals surface area contributed by atoms with Gasteiger partial charge in [0.1, 0.15) is 0 Å². The van der Waals surface area contributed by atoms with Crippen LogP contribution in [0.1, 0.15) is 27.7 Å². The smallest absolute Gasteiger partial charge is 0.0630 e. The van der Waals surface area contributed by atoms with Crippen LogP contribution >= 0.6 is 0 Å². The van der Waals surface area contributed by atoms with Crippen molar-refractivity contribution < 1.29 is 4.74 Å². The van der Waals surface area contributed by atoms with Crippen LogP contribution in [0.2, 0.25) is 0 Å². The zero-order chi connectivity index (χ0) is 12.1. The molecule has 0 aromatic carbocycles. The lowest BCUT2D eigenvalue weighted by atomic mass is 10.1. The maximum absolute atomic E-state index is 5.35. The summed E-state index contributed by atoms with van der Waals surface area (Å²) < 4.78 is 5.35. The zero-order valence-electron chi connectivity index (χ0n) is 11.6. The molecule has 0 bridgehead atoms. The normalized spacial score (nSPS) is 24.6. The van der Waals surface area contributed by atoms with Crippen LogP contribution in [0.5, 0.6) is 0 Å². The molecule has 1 rings (SSSR count). The third kappa shape index (κ3) is 4.04. The van der Waals surface area contributed by atoms with Gasteiger partial charge in [0.2, 0.25) is 0 Å². The van der Waals surface area contributed by atoms with E-state index in [1.165, 1.54) is 19.6 Å². The van der Waals surface area contributed by atoms with Crippen LogP contribution in [0.25, 0.3) is 0 Å². The van der Waals surface area contributed by atoms with Crippen molar-refractivity contribution in [3.05, 3.63) is 0 Å². The number of methoxy groups -OCH3 is 1. The molecule has 0 aromatic heterocycles. The molecule has 3 nitrogen and oxygen atoms in total. The Morgan fingerprint density at radius 3 is 2.38 bits per heavy atom. The van der Waals surface area contributed by atoms with Crippen molar-refractivity contribution >= 4 is 0 Å². The summed E-state index contributed by atoms with van der Waals surface area (Å²) in [5.74, 6) is 0.741. The van der Waals surface area contributed by atoms with Crippen molar-refractivity contribution in [2.45, 2.75) is 39.8 Å². The van der Waals surface area contributed by atoms with Gasteiger partial charge in [0, 0.05) is 45.4 Å². The lowest BCUT2D eigenvalue weighted by Gasteiger charge is -2.43. The highest BCUT2D eigenvalue weighted by Gasteiger charge is 2.28. The van der Waals surface area contributed by atoms with Gasteiger partial charge in [-0.3, -0.25) is 9.80 Å². The van der Waals surface area contributed by atoms with E-state index >= 15 is 0 Å². The van der Waals surface area contributed by atoms with E-state index in [1.54, 1.807) is 0 Å². The first kappa shape index (κ1) is 13.9. The fraction of sp³-hybridized carbons (Fsp3) is 1.00. The largest absolute Gasteiger partial charge is 0.383 e. The van der Waals surface area contributed by atoms with Gasteiger partial charge in [-0.2, -0.15) is 0 Å². The Hall–Kier alpha value is -0.120. The Morgan fingerprint density at radius 1 is 1.19 bits per heavy atom. The number of nitrogens with zero attached hydrogens (tertiary/aromatic N) is 2. The second kappa shape index (κ2) is 6.58. The Balaban J connectivity index is 2.52. The Kier molecular flexibility index (Phi) is 5.73. The van der Waals surface area contributed by atoms with Crippen LogP contribution < -0.4 is 0 Å². The van der Waals surface area contributed by atoms with Gasteiger partial charge in [0.15, 0.2) is 0 Å². The van der Waals surface area contributed by atoms with E-state index in [1.807, 2.05) is 7.11 Å². The first-order valence-corrected chi connectivity index (χ1v) is 6.51. The van der Waals surface area contributed by atoms with E-state index < -0.39 is 0 Å². The molecule has 0 aromatic rings. The summed E-state index contributed by atoms with van der Waals surface area (Å²) in [4.78, 5) is 5.15. The van der Waals surface area contributed by atoms with E-state index in [2.05, 4.69) is 37.5 Å². The molecule has 0 radical (unpaired) electrons. The average molecular weight is 228 g/mol. The minimum atomic E-state index is 0.573. The van der Waals surface area contributed by atoms with Crippen LogP contribution in [0.4, 0.5) is 0 Å². The van der Waals surface area contributed by atoms with E-state index in [0.717, 1.165) is 19.1 Å². The van der Waals surface area contributed by atoms with Crippen molar-refractivity contribution in [2.24, 2.45) is 5.92 Å². The quantitative estimate of drug-likeness (QED) is 0.712. The monoisotopic (exact) mass is 228 g/mol. The lowest BCUT2D eigenvalue weighted by Crippen LogP contribution is -2.57. The summed E-state index contributed by atoms with van der Waals surface area (Å²) >= 11 is 0. The minimum Gasteiger partial charge on any atom is -0.383 e. The fourth-order valence-corrected chi connectivity index (χ4v) is 2.45. The highest BCUT2D eigenvalue weighted by molar-refractivity contribution is 4.83. The summed E-state index contributed by atoms with van der Waals surface area (Å²) in [6, 6.07) is 1.23. The molecule has 0 saturated carbocycles. The van der Waals surface area contributed by atoms with Gasteiger partial charge >= 0.3 is 0 Å². The van der Waals surface area contributed by atoms with Gasteiger partial charge in [-0.15, -0.1) is 0 Å². The van der Waals surface area contributed by atoms with Gasteiger partial charge in [-0.05, 0) is 19.8 Å². The summed E-state index contributed by atoms with van der Waals surface area (Å²) in [7, 11) is 1.81. The number of rotatable bonds is 5. The minimum absolute atomic E-state index is 0.573. The molecule has 1 aliphatic heterocycles. The molecule has 0 aliphatic carbocycles. The Bertz CT molecular complexity index is 194. The maximum atomic E-state index is 5.35. The molecule has 1 aliphatic rings. The summed E-state index contributed by atoms with van der Waals surface area (Å²) in [5, 5.41) is 0. The fourth-order valence-electron chi connectivity index (χ4n) is 2.45. The van der Waals surface area contributed by atoms with Gasteiger partial charge in [-0.1, -0.05) is 13.8 Å². The van der Waals surface area contributed by atoms with E-state index in [9.17, 15) is 0 Å². The molecule has 96 valence electrons. The van der Waals surface area contributed by atoms with Crippen molar-refractivity contribution in [1.29, 1.82) is 0 Å². The second-order valence-corrected chi connectivity index (χ2v) is 5.59. The highest BCUT2D eigenvalue weighted by Crippen LogP contribution is 2.14. The summed E-state index contributed by atoms with van der Waals surface area (Å²) in [6.45, 7) is 14.7. The topological polar surface area (TPSA) is 15.7 Å². The maximum Gasteiger partial charge on any atom is 0.0630 e. The van der Waals surface area contributed by atoms with Gasteiger partial charge in [-0.25, -0.2) is 0 Å². The van der Waals surface area contributed by atoms with E-state index in [-0.39, 0.29) is 0 Å². The van der Waals surface area contributed by atoms with Crippen LogP contribution in [-0.4, -0.2) is 61.8 Å². The van der Waals surface area contributed by atoms with E-state index in [0.29, 0.717) is 12.1 Å². The Morgan fingerprint density at radius 2 is 1.88 bits per heavy atom. The van der Waals surface area contributed by atoms with Gasteiger partial charge in [0.05, 0.1) is 6.61 Å². The molecule has 1 heterocycles. The van der Waals surface area contributed by atoms with Crippen molar-refractivity contribution in [2.75, 3.05) is 39.9 Å². The number of ether oxygens (including phenoxy) is 1. The van der Waals surface area contributed by atoms with Crippen molar-refractivity contribution in [1.82, 2.24) is 9.80 Å². The van der Waals surface area contributed by atoms with Gasteiger partial charge in [0.25, 0.3) is 0 Å². The molecule has 1 atom stereocenters. The zero-order valence-corrected chi connectivity index (χ0v) is 11.6. The molecular formula is C13H28N2O. The van der Waals surface area contributed by atoms with Crippen molar-refractivity contribution in [3.63, 3.8) is 0 Å². The molecule has 1 saturated heterocycles. The summed E-state index contributed by atoms with van der Waals surface area (Å²) in [6.07, 6.45) is 0. The molecule has 3 heteroatoms. The standard InChI is InChI=1S/C13H28N2O/c1-11(2)8-15-7-6-14(12(3)4)9-13(15)10-16-5/h11-13H,6-10H2,1-5H3/t13-/m0/s1. The molecule has 1 fully saturated rings. The average Bonchev–Trinajstić information content (AvgIpc) is 2.20. The second-order valence-electron chi connectivity index (χ2n) is 5.59. The van der Waals surface area contributed by atoms with E-state index in [4.69, 9.17) is 4.74 Å². The number of piperazine rings is 1.